The number of amides is 2. The second-order valence-corrected chi connectivity index (χ2v) is 8.68. The number of hydrogen-bond acceptors (Lipinski definition) is 8. The third-order valence-electron chi connectivity index (χ3n) is 5.24. The van der Waals surface area contributed by atoms with Gasteiger partial charge in [-0.05, 0) is 48.5 Å². The van der Waals surface area contributed by atoms with Crippen molar-refractivity contribution in [3.8, 4) is 11.6 Å². The number of benzene rings is 2. The number of alkyl halides is 2. The van der Waals surface area contributed by atoms with Crippen molar-refractivity contribution in [2.24, 2.45) is 0 Å². The smallest absolute Gasteiger partial charge is 0.335 e. The van der Waals surface area contributed by atoms with Gasteiger partial charge in [-0.3, -0.25) is 4.90 Å². The Morgan fingerprint density at radius 1 is 1.11 bits per heavy atom. The van der Waals surface area contributed by atoms with Crippen LogP contribution in [0.5, 0.6) is 11.6 Å². The van der Waals surface area contributed by atoms with Crippen molar-refractivity contribution >= 4 is 52.6 Å². The van der Waals surface area contributed by atoms with Gasteiger partial charge in [0.1, 0.15) is 11.6 Å². The van der Waals surface area contributed by atoms with E-state index in [9.17, 15) is 23.8 Å². The molecule has 36 heavy (non-hydrogen) atoms. The zero-order valence-corrected chi connectivity index (χ0v) is 19.2. The van der Waals surface area contributed by atoms with Crippen molar-refractivity contribution in [2.45, 2.75) is 18.8 Å². The molecule has 5 rings (SSSR count). The van der Waals surface area contributed by atoms with Crippen LogP contribution in [0.3, 0.4) is 0 Å². The minimum absolute atomic E-state index is 0.0328. The van der Waals surface area contributed by atoms with Gasteiger partial charge in [0.25, 0.3) is 12.3 Å². The highest BCUT2D eigenvalue weighted by molar-refractivity contribution is 7.16. The lowest BCUT2D eigenvalue weighted by Crippen LogP contribution is -2.45. The van der Waals surface area contributed by atoms with Crippen LogP contribution in [-0.4, -0.2) is 53.0 Å². The normalized spacial score (nSPS) is 13.9. The van der Waals surface area contributed by atoms with Crippen LogP contribution in [0.1, 0.15) is 5.56 Å². The number of carbonyl (C=O) groups excluding carboxylic acids is 1. The number of thiazole rings is 1. The molecule has 2 N–H and O–H groups in total. The summed E-state index contributed by atoms with van der Waals surface area (Å²) in [6, 6.07) is 13.9. The SMILES string of the molecule is [B]C(O)(O)Oc1ccc(N2C(=O)N(c3ccc4ncsc4c3)Cc3ccc(OCC(F)F)nc32)cc1. The third kappa shape index (κ3) is 4.94. The summed E-state index contributed by atoms with van der Waals surface area (Å²) in [7, 11) is 5.05. The van der Waals surface area contributed by atoms with Crippen molar-refractivity contribution < 1.29 is 33.3 Å². The summed E-state index contributed by atoms with van der Waals surface area (Å²) in [5, 5.41) is 18.5. The van der Waals surface area contributed by atoms with Gasteiger partial charge in [0.15, 0.2) is 6.61 Å². The molecule has 0 unspecified atom stereocenters. The maximum atomic E-state index is 13.8. The quantitative estimate of drug-likeness (QED) is 0.288. The van der Waals surface area contributed by atoms with E-state index in [-0.39, 0.29) is 24.0 Å². The number of nitrogens with zero attached hydrogens (tertiary/aromatic N) is 4. The summed E-state index contributed by atoms with van der Waals surface area (Å²) in [5.41, 5.74) is 4.17. The number of hydrogen-bond donors (Lipinski definition) is 2. The summed E-state index contributed by atoms with van der Waals surface area (Å²) < 4.78 is 36.1. The third-order valence-corrected chi connectivity index (χ3v) is 6.03. The Bertz CT molecular complexity index is 1410. The van der Waals surface area contributed by atoms with E-state index in [0.717, 1.165) is 10.2 Å². The molecule has 0 fully saturated rings. The predicted octanol–water partition coefficient (Wildman–Crippen LogP) is 3.76. The summed E-state index contributed by atoms with van der Waals surface area (Å²) in [4.78, 5) is 25.2. The molecule has 0 atom stereocenters. The van der Waals surface area contributed by atoms with Gasteiger partial charge in [0.2, 0.25) is 13.7 Å². The lowest BCUT2D eigenvalue weighted by Gasteiger charge is -2.36. The van der Waals surface area contributed by atoms with Gasteiger partial charge in [-0.15, -0.1) is 11.3 Å². The van der Waals surface area contributed by atoms with Gasteiger partial charge in [0, 0.05) is 17.3 Å². The molecule has 2 amide bonds. The number of urea groups is 1. The first-order chi connectivity index (χ1) is 17.2. The number of aromatic nitrogens is 2. The average molecular weight is 510 g/mol. The van der Waals surface area contributed by atoms with E-state index in [4.69, 9.17) is 17.3 Å². The molecule has 182 valence electrons. The first-order valence-electron chi connectivity index (χ1n) is 10.6. The van der Waals surface area contributed by atoms with E-state index in [1.165, 1.54) is 46.6 Å². The molecule has 0 saturated carbocycles. The number of rotatable bonds is 7. The summed E-state index contributed by atoms with van der Waals surface area (Å²) in [5.74, 6) is -2.68. The zero-order valence-electron chi connectivity index (χ0n) is 18.4. The lowest BCUT2D eigenvalue weighted by molar-refractivity contribution is -0.223. The number of halogens is 2. The van der Waals surface area contributed by atoms with Crippen LogP contribution < -0.4 is 19.3 Å². The molecule has 9 nitrogen and oxygen atoms in total. The fraction of sp³-hybridized carbons (Fsp3) is 0.174. The van der Waals surface area contributed by atoms with Crippen molar-refractivity contribution in [1.29, 1.82) is 0 Å². The fourth-order valence-corrected chi connectivity index (χ4v) is 4.45. The minimum Gasteiger partial charge on any atom is -0.472 e. The van der Waals surface area contributed by atoms with Gasteiger partial charge in [-0.2, -0.15) is 4.98 Å². The molecular formula is C23H17BF2N4O5S. The largest absolute Gasteiger partial charge is 0.472 e. The van der Waals surface area contributed by atoms with E-state index in [1.54, 1.807) is 22.5 Å². The molecule has 1 aliphatic heterocycles. The molecule has 1 aliphatic rings. The van der Waals surface area contributed by atoms with Crippen LogP contribution >= 0.6 is 11.3 Å². The first-order valence-corrected chi connectivity index (χ1v) is 11.4. The molecule has 13 heteroatoms. The first kappa shape index (κ1) is 23.9. The minimum atomic E-state index is -2.88. The van der Waals surface area contributed by atoms with Gasteiger partial charge in [0.05, 0.1) is 28.0 Å². The van der Waals surface area contributed by atoms with Crippen LogP contribution in [0.25, 0.3) is 10.2 Å². The highest BCUT2D eigenvalue weighted by Gasteiger charge is 2.34. The molecule has 3 heterocycles. The molecule has 0 aliphatic carbocycles. The van der Waals surface area contributed by atoms with E-state index in [1.807, 2.05) is 12.1 Å². The molecular weight excluding hydrogens is 493 g/mol. The van der Waals surface area contributed by atoms with E-state index >= 15 is 0 Å². The monoisotopic (exact) mass is 510 g/mol. The van der Waals surface area contributed by atoms with E-state index in [0.29, 0.717) is 16.9 Å². The summed E-state index contributed by atoms with van der Waals surface area (Å²) in [6.07, 6.45) is -2.68. The maximum Gasteiger partial charge on any atom is 0.335 e. The number of fused-ring (bicyclic) bond motifs is 2. The number of ether oxygens (including phenoxy) is 2. The van der Waals surface area contributed by atoms with Gasteiger partial charge >= 0.3 is 6.03 Å². The average Bonchev–Trinajstić information content (AvgIpc) is 3.30. The van der Waals surface area contributed by atoms with E-state index < -0.39 is 24.9 Å². The number of anilines is 3. The van der Waals surface area contributed by atoms with Gasteiger partial charge < -0.3 is 19.7 Å². The van der Waals surface area contributed by atoms with Gasteiger partial charge in [-0.1, -0.05) is 0 Å². The lowest BCUT2D eigenvalue weighted by atomic mass is 10.1. The Balaban J connectivity index is 1.55. The maximum absolute atomic E-state index is 13.8. The summed E-state index contributed by atoms with van der Waals surface area (Å²) in [6.45, 7) is -0.654. The van der Waals surface area contributed by atoms with Crippen molar-refractivity contribution in [3.05, 3.63) is 65.7 Å². The Morgan fingerprint density at radius 3 is 2.58 bits per heavy atom. The Labute approximate surface area is 208 Å². The van der Waals surface area contributed by atoms with Gasteiger partial charge in [-0.25, -0.2) is 23.5 Å². The molecule has 0 bridgehead atoms. The topological polar surface area (TPSA) is 108 Å². The van der Waals surface area contributed by atoms with Crippen LogP contribution in [0.15, 0.2) is 60.1 Å². The molecule has 2 aromatic carbocycles. The molecule has 0 spiro atoms. The highest BCUT2D eigenvalue weighted by Crippen LogP contribution is 2.38. The Hall–Kier alpha value is -3.81. The Kier molecular flexibility index (Phi) is 6.20. The van der Waals surface area contributed by atoms with Crippen LogP contribution in [-0.2, 0) is 6.54 Å². The van der Waals surface area contributed by atoms with Crippen LogP contribution in [0, 0.1) is 0 Å². The second kappa shape index (κ2) is 9.34. The molecule has 2 radical (unpaired) electrons. The zero-order chi connectivity index (χ0) is 25.4. The van der Waals surface area contributed by atoms with E-state index in [2.05, 4.69) is 9.97 Å². The van der Waals surface area contributed by atoms with Crippen molar-refractivity contribution in [2.75, 3.05) is 16.4 Å². The molecule has 4 aromatic rings. The second-order valence-electron chi connectivity index (χ2n) is 7.80. The number of pyridine rings is 1. The predicted molar refractivity (Wildman–Crippen MR) is 129 cm³/mol. The van der Waals surface area contributed by atoms with Crippen molar-refractivity contribution in [1.82, 2.24) is 9.97 Å². The standard InChI is InChI=1S/C23H17BF2N4O5S/c24-23(32,33)35-16-5-2-14(3-6-16)30-21-13(1-8-20(28-21)34-11-19(25)26)10-29(22(30)31)15-4-7-17-18(9-15)36-12-27-17/h1-9,12,19,32-33H,10-11H2. The highest BCUT2D eigenvalue weighted by atomic mass is 32.1. The number of carbonyl (C=O) groups is 1. The summed E-state index contributed by atoms with van der Waals surface area (Å²) >= 11 is 1.45. The molecule has 0 saturated heterocycles. The van der Waals surface area contributed by atoms with Crippen LogP contribution in [0.4, 0.5) is 30.8 Å². The Morgan fingerprint density at radius 2 is 1.86 bits per heavy atom. The number of aliphatic hydroxyl groups is 2. The fourth-order valence-electron chi connectivity index (χ4n) is 3.74. The molecule has 2 aromatic heterocycles. The van der Waals surface area contributed by atoms with Crippen LogP contribution in [0.2, 0.25) is 0 Å². The van der Waals surface area contributed by atoms with Crippen molar-refractivity contribution in [3.63, 3.8) is 0 Å².